The Hall–Kier alpha value is -3.67. The zero-order valence-corrected chi connectivity index (χ0v) is 28.8. The van der Waals surface area contributed by atoms with Crippen LogP contribution in [0.15, 0.2) is 12.1 Å². The number of hydrogen-bond donors (Lipinski definition) is 6. The molecule has 1 aliphatic rings. The molecule has 1 fully saturated rings. The van der Waals surface area contributed by atoms with Gasteiger partial charge in [-0.1, -0.05) is 58.3 Å². The number of ether oxygens (including phenoxy) is 1. The van der Waals surface area contributed by atoms with Crippen molar-refractivity contribution in [1.82, 2.24) is 21.3 Å². The van der Waals surface area contributed by atoms with Crippen LogP contribution in [-0.4, -0.2) is 73.0 Å². The Morgan fingerprint density at radius 3 is 2.19 bits per heavy atom. The van der Waals surface area contributed by atoms with Gasteiger partial charge >= 0.3 is 5.97 Å². The summed E-state index contributed by atoms with van der Waals surface area (Å²) in [6.07, 6.45) is 10.5. The number of esters is 1. The van der Waals surface area contributed by atoms with Gasteiger partial charge in [0.2, 0.25) is 23.6 Å². The number of phenolic OH excluding ortho intramolecular Hbond substituents is 1. The van der Waals surface area contributed by atoms with Crippen LogP contribution in [0.4, 0.5) is 0 Å². The van der Waals surface area contributed by atoms with Gasteiger partial charge in [0.05, 0.1) is 19.7 Å². The zero-order valence-electron chi connectivity index (χ0n) is 28.8. The van der Waals surface area contributed by atoms with Gasteiger partial charge in [-0.15, -0.1) is 0 Å². The molecule has 0 aromatic heterocycles. The number of carbonyl (C=O) groups is 5. The van der Waals surface area contributed by atoms with Gasteiger partial charge in [-0.25, -0.2) is 0 Å². The summed E-state index contributed by atoms with van der Waals surface area (Å²) in [5, 5.41) is 21.0. The number of benzene rings is 1. The molecule has 0 spiro atoms. The van der Waals surface area contributed by atoms with E-state index in [1.807, 2.05) is 20.8 Å². The van der Waals surface area contributed by atoms with Crippen LogP contribution in [0.3, 0.4) is 0 Å². The third-order valence-electron chi connectivity index (χ3n) is 8.87. The van der Waals surface area contributed by atoms with Crippen molar-refractivity contribution in [3.63, 3.8) is 0 Å². The molecule has 0 saturated heterocycles. The van der Waals surface area contributed by atoms with Crippen molar-refractivity contribution in [2.24, 2.45) is 11.7 Å². The van der Waals surface area contributed by atoms with Crippen LogP contribution < -0.4 is 27.0 Å². The van der Waals surface area contributed by atoms with E-state index < -0.39 is 35.8 Å². The van der Waals surface area contributed by atoms with Crippen molar-refractivity contribution < 1.29 is 33.8 Å². The number of nitrogens with two attached hydrogens (primary N) is 1. The first kappa shape index (κ1) is 39.5. The van der Waals surface area contributed by atoms with Gasteiger partial charge in [-0.3, -0.25) is 24.0 Å². The molecule has 264 valence electrons. The fraction of sp³-hybridized carbons (Fsp3) is 0.686. The molecule has 0 radical (unpaired) electrons. The normalized spacial score (nSPS) is 15.2. The standard InChI is InChI=1S/C35H57N5O7/c1-5-6-15-29(40-33(44)28(36)21-27-23(2)18-26(41)19-24(27)3)34(45)38-22-31(42)39-30(20-25-13-9-7-10-14-25)35(46)37-17-12-8-11-16-32(43)47-4/h18-19,25,28-30,41H,5-17,20-22,36H2,1-4H3,(H,37,46)(H,38,45)(H,39,42)(H,40,44)/t28-,29-,30+/m1/s1. The van der Waals surface area contributed by atoms with Crippen molar-refractivity contribution in [3.8, 4) is 5.75 Å². The topological polar surface area (TPSA) is 189 Å². The monoisotopic (exact) mass is 659 g/mol. The van der Waals surface area contributed by atoms with Gasteiger partial charge in [0.1, 0.15) is 17.8 Å². The van der Waals surface area contributed by atoms with E-state index in [1.54, 1.807) is 12.1 Å². The van der Waals surface area contributed by atoms with Crippen molar-refractivity contribution >= 4 is 29.6 Å². The number of methoxy groups -OCH3 is 1. The molecule has 2 rings (SSSR count). The predicted molar refractivity (Wildman–Crippen MR) is 180 cm³/mol. The Bertz CT molecular complexity index is 1160. The van der Waals surface area contributed by atoms with E-state index in [9.17, 15) is 29.1 Å². The molecular formula is C35H57N5O7. The second kappa shape index (κ2) is 21.3. The Balaban J connectivity index is 1.94. The smallest absolute Gasteiger partial charge is 0.305 e. The molecular weight excluding hydrogens is 602 g/mol. The molecule has 0 aliphatic heterocycles. The highest BCUT2D eigenvalue weighted by Gasteiger charge is 2.28. The van der Waals surface area contributed by atoms with Gasteiger partial charge in [0.15, 0.2) is 0 Å². The van der Waals surface area contributed by atoms with Gasteiger partial charge in [0.25, 0.3) is 0 Å². The van der Waals surface area contributed by atoms with Crippen molar-refractivity contribution in [1.29, 1.82) is 0 Å². The summed E-state index contributed by atoms with van der Waals surface area (Å²) < 4.78 is 4.65. The van der Waals surface area contributed by atoms with Crippen LogP contribution >= 0.6 is 0 Å². The first-order valence-corrected chi connectivity index (χ1v) is 17.2. The second-order valence-electron chi connectivity index (χ2n) is 12.8. The van der Waals surface area contributed by atoms with Crippen LogP contribution in [0.1, 0.15) is 107 Å². The summed E-state index contributed by atoms with van der Waals surface area (Å²) in [5.41, 5.74) is 8.74. The SMILES string of the molecule is CCCC[C@@H](NC(=O)[C@H](N)Cc1c(C)cc(O)cc1C)C(=O)NCC(=O)N[C@@H](CC1CCCCC1)C(=O)NCCCCCC(=O)OC. The maximum atomic E-state index is 13.2. The van der Waals surface area contributed by atoms with Gasteiger partial charge in [-0.05, 0) is 80.7 Å². The largest absolute Gasteiger partial charge is 0.508 e. The highest BCUT2D eigenvalue weighted by atomic mass is 16.5. The average molecular weight is 660 g/mol. The van der Waals surface area contributed by atoms with Crippen molar-refractivity contribution in [3.05, 3.63) is 28.8 Å². The molecule has 47 heavy (non-hydrogen) atoms. The fourth-order valence-corrected chi connectivity index (χ4v) is 6.09. The number of aryl methyl sites for hydroxylation is 2. The van der Waals surface area contributed by atoms with Crippen LogP contribution in [0.2, 0.25) is 0 Å². The number of rotatable bonds is 20. The van der Waals surface area contributed by atoms with E-state index in [4.69, 9.17) is 5.73 Å². The minimum absolute atomic E-state index is 0.145. The molecule has 12 nitrogen and oxygen atoms in total. The molecule has 1 aliphatic carbocycles. The Morgan fingerprint density at radius 1 is 0.894 bits per heavy atom. The Labute approximate surface area is 279 Å². The third kappa shape index (κ3) is 14.7. The van der Waals surface area contributed by atoms with Crippen molar-refractivity contribution in [2.45, 2.75) is 129 Å². The Kier molecular flexibility index (Phi) is 17.9. The maximum Gasteiger partial charge on any atom is 0.305 e. The highest BCUT2D eigenvalue weighted by molar-refractivity contribution is 5.93. The quantitative estimate of drug-likeness (QED) is 0.0910. The number of carbonyl (C=O) groups excluding carboxylic acids is 5. The van der Waals surface area contributed by atoms with Crippen LogP contribution in [0.5, 0.6) is 5.75 Å². The maximum absolute atomic E-state index is 13.2. The lowest BCUT2D eigenvalue weighted by Gasteiger charge is -2.27. The van der Waals surface area contributed by atoms with E-state index in [0.717, 1.165) is 55.2 Å². The van der Waals surface area contributed by atoms with E-state index >= 15 is 0 Å². The highest BCUT2D eigenvalue weighted by Crippen LogP contribution is 2.27. The molecule has 0 unspecified atom stereocenters. The molecule has 3 atom stereocenters. The van der Waals surface area contributed by atoms with E-state index in [2.05, 4.69) is 26.0 Å². The molecule has 7 N–H and O–H groups in total. The van der Waals surface area contributed by atoms with Crippen LogP contribution in [-0.2, 0) is 35.1 Å². The van der Waals surface area contributed by atoms with E-state index in [1.165, 1.54) is 13.5 Å². The summed E-state index contributed by atoms with van der Waals surface area (Å²) >= 11 is 0. The molecule has 0 heterocycles. The molecule has 1 aromatic carbocycles. The summed E-state index contributed by atoms with van der Waals surface area (Å²) in [5.74, 6) is -1.49. The summed E-state index contributed by atoms with van der Waals surface area (Å²) in [7, 11) is 1.36. The van der Waals surface area contributed by atoms with Crippen molar-refractivity contribution in [2.75, 3.05) is 20.2 Å². The average Bonchev–Trinajstić information content (AvgIpc) is 3.04. The van der Waals surface area contributed by atoms with Gasteiger partial charge < -0.3 is 36.8 Å². The third-order valence-corrected chi connectivity index (χ3v) is 8.87. The zero-order chi connectivity index (χ0) is 34.8. The Morgan fingerprint density at radius 2 is 1.55 bits per heavy atom. The van der Waals surface area contributed by atoms with Gasteiger partial charge in [-0.2, -0.15) is 0 Å². The molecule has 0 bridgehead atoms. The first-order chi connectivity index (χ1) is 22.4. The molecule has 1 saturated carbocycles. The lowest BCUT2D eigenvalue weighted by atomic mass is 9.84. The number of nitrogens with one attached hydrogen (secondary N) is 4. The first-order valence-electron chi connectivity index (χ1n) is 17.2. The summed E-state index contributed by atoms with van der Waals surface area (Å²) in [4.78, 5) is 63.6. The number of phenols is 1. The predicted octanol–water partition coefficient (Wildman–Crippen LogP) is 2.97. The lowest BCUT2D eigenvalue weighted by Crippen LogP contribution is -2.54. The van der Waals surface area contributed by atoms with Crippen LogP contribution in [0, 0.1) is 19.8 Å². The van der Waals surface area contributed by atoms with E-state index in [0.29, 0.717) is 51.0 Å². The molecule has 4 amide bonds. The minimum atomic E-state index is -0.913. The number of amides is 4. The fourth-order valence-electron chi connectivity index (χ4n) is 6.09. The number of hydrogen-bond acceptors (Lipinski definition) is 8. The molecule has 1 aromatic rings. The summed E-state index contributed by atoms with van der Waals surface area (Å²) in [6.45, 7) is 5.76. The second-order valence-corrected chi connectivity index (χ2v) is 12.8. The van der Waals surface area contributed by atoms with E-state index in [-0.39, 0.29) is 30.6 Å². The summed E-state index contributed by atoms with van der Waals surface area (Å²) in [6, 6.07) is 0.731. The number of aromatic hydroxyl groups is 1. The minimum Gasteiger partial charge on any atom is -0.508 e. The van der Waals surface area contributed by atoms with Crippen LogP contribution in [0.25, 0.3) is 0 Å². The molecule has 12 heteroatoms. The number of unbranched alkanes of at least 4 members (excludes halogenated alkanes) is 3. The van der Waals surface area contributed by atoms with Gasteiger partial charge in [0, 0.05) is 13.0 Å². The lowest BCUT2D eigenvalue weighted by molar-refractivity contribution is -0.140.